The normalized spacial score (nSPS) is 13.0. The van der Waals surface area contributed by atoms with Gasteiger partial charge in [0.25, 0.3) is 0 Å². The van der Waals surface area contributed by atoms with Gasteiger partial charge in [0, 0.05) is 24.8 Å². The fourth-order valence-corrected chi connectivity index (χ4v) is 1.77. The van der Waals surface area contributed by atoms with Crippen LogP contribution >= 0.6 is 0 Å². The van der Waals surface area contributed by atoms with E-state index in [1.54, 1.807) is 0 Å². The molecule has 0 saturated heterocycles. The highest BCUT2D eigenvalue weighted by Crippen LogP contribution is 2.15. The number of aryl methyl sites for hydroxylation is 1. The van der Waals surface area contributed by atoms with Gasteiger partial charge in [-0.1, -0.05) is 26.7 Å². The summed E-state index contributed by atoms with van der Waals surface area (Å²) >= 11 is 0. The van der Waals surface area contributed by atoms with E-state index in [1.807, 2.05) is 17.9 Å². The molecule has 1 N–H and O–H groups in total. The SMILES string of the molecule is CCCCCNC(CC)c1cnn(C)c1. The van der Waals surface area contributed by atoms with Gasteiger partial charge in [-0.25, -0.2) is 0 Å². The van der Waals surface area contributed by atoms with Crippen molar-refractivity contribution in [3.63, 3.8) is 0 Å². The maximum absolute atomic E-state index is 4.21. The third-order valence-corrected chi connectivity index (χ3v) is 2.71. The molecule has 0 radical (unpaired) electrons. The zero-order valence-corrected chi connectivity index (χ0v) is 10.2. The van der Waals surface area contributed by atoms with Crippen molar-refractivity contribution in [3.05, 3.63) is 18.0 Å². The Labute approximate surface area is 92.9 Å². The lowest BCUT2D eigenvalue weighted by Gasteiger charge is -2.14. The molecule has 0 aliphatic heterocycles. The van der Waals surface area contributed by atoms with Gasteiger partial charge in [0.1, 0.15) is 0 Å². The van der Waals surface area contributed by atoms with Crippen LogP contribution in [0.15, 0.2) is 12.4 Å². The number of aromatic nitrogens is 2. The topological polar surface area (TPSA) is 29.9 Å². The van der Waals surface area contributed by atoms with E-state index in [0.717, 1.165) is 13.0 Å². The zero-order chi connectivity index (χ0) is 11.1. The molecule has 0 aliphatic rings. The van der Waals surface area contributed by atoms with Crippen LogP contribution in [0.4, 0.5) is 0 Å². The van der Waals surface area contributed by atoms with Gasteiger partial charge >= 0.3 is 0 Å². The van der Waals surface area contributed by atoms with Crippen molar-refractivity contribution < 1.29 is 0 Å². The van der Waals surface area contributed by atoms with Crippen molar-refractivity contribution in [1.82, 2.24) is 15.1 Å². The van der Waals surface area contributed by atoms with Gasteiger partial charge < -0.3 is 5.32 Å². The van der Waals surface area contributed by atoms with E-state index in [0.29, 0.717) is 6.04 Å². The van der Waals surface area contributed by atoms with Crippen LogP contribution in [-0.4, -0.2) is 16.3 Å². The second-order valence-corrected chi connectivity index (χ2v) is 4.07. The average Bonchev–Trinajstić information content (AvgIpc) is 2.65. The Kier molecular flexibility index (Phi) is 5.40. The van der Waals surface area contributed by atoms with E-state index in [1.165, 1.54) is 24.8 Å². The Balaban J connectivity index is 2.35. The number of rotatable bonds is 7. The van der Waals surface area contributed by atoms with Gasteiger partial charge in [-0.05, 0) is 19.4 Å². The van der Waals surface area contributed by atoms with Gasteiger partial charge in [0.05, 0.1) is 6.20 Å². The Morgan fingerprint density at radius 2 is 2.20 bits per heavy atom. The van der Waals surface area contributed by atoms with Crippen molar-refractivity contribution in [2.45, 2.75) is 45.6 Å². The predicted octanol–water partition coefficient (Wildman–Crippen LogP) is 2.65. The van der Waals surface area contributed by atoms with E-state index in [2.05, 4.69) is 30.5 Å². The maximum Gasteiger partial charge on any atom is 0.0537 e. The maximum atomic E-state index is 4.21. The molecular weight excluding hydrogens is 186 g/mol. The molecule has 1 aromatic rings. The van der Waals surface area contributed by atoms with Crippen molar-refractivity contribution in [1.29, 1.82) is 0 Å². The third kappa shape index (κ3) is 4.04. The summed E-state index contributed by atoms with van der Waals surface area (Å²) in [6, 6.07) is 0.468. The number of nitrogens with zero attached hydrogens (tertiary/aromatic N) is 2. The average molecular weight is 209 g/mol. The molecule has 0 aromatic carbocycles. The Hall–Kier alpha value is -0.830. The lowest BCUT2D eigenvalue weighted by Crippen LogP contribution is -2.21. The molecule has 0 bridgehead atoms. The van der Waals surface area contributed by atoms with Crippen LogP contribution in [0.25, 0.3) is 0 Å². The molecule has 1 heterocycles. The summed E-state index contributed by atoms with van der Waals surface area (Å²) in [5.74, 6) is 0. The standard InChI is InChI=1S/C12H23N3/c1-4-6-7-8-13-12(5-2)11-9-14-15(3)10-11/h9-10,12-13H,4-8H2,1-3H3. The summed E-state index contributed by atoms with van der Waals surface area (Å²) in [5, 5.41) is 7.79. The molecule has 1 unspecified atom stereocenters. The minimum atomic E-state index is 0.468. The van der Waals surface area contributed by atoms with Crippen LogP contribution in [0.5, 0.6) is 0 Å². The van der Waals surface area contributed by atoms with Gasteiger partial charge in [-0.2, -0.15) is 5.10 Å². The molecule has 1 aromatic heterocycles. The summed E-state index contributed by atoms with van der Waals surface area (Å²) in [5.41, 5.74) is 1.30. The largest absolute Gasteiger partial charge is 0.310 e. The van der Waals surface area contributed by atoms with E-state index >= 15 is 0 Å². The molecule has 1 rings (SSSR count). The van der Waals surface area contributed by atoms with Crippen molar-refractivity contribution in [2.24, 2.45) is 7.05 Å². The van der Waals surface area contributed by atoms with Crippen LogP contribution in [0.1, 0.15) is 51.1 Å². The molecule has 0 aliphatic carbocycles. The Bertz CT molecular complexity index is 268. The quantitative estimate of drug-likeness (QED) is 0.700. The molecule has 0 fully saturated rings. The Morgan fingerprint density at radius 3 is 2.73 bits per heavy atom. The van der Waals surface area contributed by atoms with Crippen LogP contribution in [0.2, 0.25) is 0 Å². The van der Waals surface area contributed by atoms with Crippen LogP contribution in [0.3, 0.4) is 0 Å². The first kappa shape index (κ1) is 12.2. The van der Waals surface area contributed by atoms with E-state index in [9.17, 15) is 0 Å². The first-order valence-electron chi connectivity index (χ1n) is 5.99. The highest BCUT2D eigenvalue weighted by molar-refractivity contribution is 5.09. The summed E-state index contributed by atoms with van der Waals surface area (Å²) in [7, 11) is 1.97. The third-order valence-electron chi connectivity index (χ3n) is 2.71. The molecular formula is C12H23N3. The number of nitrogens with one attached hydrogen (secondary N) is 1. The Morgan fingerprint density at radius 1 is 1.40 bits per heavy atom. The van der Waals surface area contributed by atoms with E-state index in [4.69, 9.17) is 0 Å². The highest BCUT2D eigenvalue weighted by Gasteiger charge is 2.09. The first-order chi connectivity index (χ1) is 7.27. The van der Waals surface area contributed by atoms with Crippen LogP contribution in [0, 0.1) is 0 Å². The molecule has 3 nitrogen and oxygen atoms in total. The van der Waals surface area contributed by atoms with Gasteiger partial charge in [-0.15, -0.1) is 0 Å². The summed E-state index contributed by atoms with van der Waals surface area (Å²) in [6.45, 7) is 5.56. The van der Waals surface area contributed by atoms with Gasteiger partial charge in [0.2, 0.25) is 0 Å². The molecule has 0 spiro atoms. The van der Waals surface area contributed by atoms with Crippen molar-refractivity contribution >= 4 is 0 Å². The molecule has 86 valence electrons. The fourth-order valence-electron chi connectivity index (χ4n) is 1.77. The van der Waals surface area contributed by atoms with E-state index in [-0.39, 0.29) is 0 Å². The minimum absolute atomic E-state index is 0.468. The molecule has 15 heavy (non-hydrogen) atoms. The summed E-state index contributed by atoms with van der Waals surface area (Å²) < 4.78 is 1.87. The second-order valence-electron chi connectivity index (χ2n) is 4.07. The van der Waals surface area contributed by atoms with Gasteiger partial charge in [-0.3, -0.25) is 4.68 Å². The predicted molar refractivity (Wildman–Crippen MR) is 63.8 cm³/mol. The van der Waals surface area contributed by atoms with Crippen molar-refractivity contribution in [3.8, 4) is 0 Å². The van der Waals surface area contributed by atoms with E-state index < -0.39 is 0 Å². The minimum Gasteiger partial charge on any atom is -0.310 e. The molecule has 0 amide bonds. The van der Waals surface area contributed by atoms with Gasteiger partial charge in [0.15, 0.2) is 0 Å². The molecule has 3 heteroatoms. The summed E-state index contributed by atoms with van der Waals surface area (Å²) in [6.07, 6.45) is 9.05. The first-order valence-corrected chi connectivity index (χ1v) is 5.99. The summed E-state index contributed by atoms with van der Waals surface area (Å²) in [4.78, 5) is 0. The number of hydrogen-bond acceptors (Lipinski definition) is 2. The number of unbranched alkanes of at least 4 members (excludes halogenated alkanes) is 2. The molecule has 0 saturated carbocycles. The second kappa shape index (κ2) is 6.62. The smallest absolute Gasteiger partial charge is 0.0537 e. The lowest BCUT2D eigenvalue weighted by atomic mass is 10.1. The monoisotopic (exact) mass is 209 g/mol. The fraction of sp³-hybridized carbons (Fsp3) is 0.750. The van der Waals surface area contributed by atoms with Crippen molar-refractivity contribution in [2.75, 3.05) is 6.54 Å². The highest BCUT2D eigenvalue weighted by atomic mass is 15.2. The lowest BCUT2D eigenvalue weighted by molar-refractivity contribution is 0.501. The van der Waals surface area contributed by atoms with Crippen LogP contribution < -0.4 is 5.32 Å². The van der Waals surface area contributed by atoms with Crippen LogP contribution in [-0.2, 0) is 7.05 Å². The zero-order valence-electron chi connectivity index (χ0n) is 10.2. The molecule has 1 atom stereocenters. The number of hydrogen-bond donors (Lipinski definition) is 1.